The number of hydrogen-bond donors (Lipinski definition) is 0. The fraction of sp³-hybridized carbons (Fsp3) is 0.706. The third-order valence-electron chi connectivity index (χ3n) is 4.40. The van der Waals surface area contributed by atoms with Crippen LogP contribution < -0.4 is 0 Å². The fourth-order valence-electron chi connectivity index (χ4n) is 2.19. The van der Waals surface area contributed by atoms with Crippen molar-refractivity contribution < 1.29 is 9.53 Å². The molecule has 114 valence electrons. The van der Waals surface area contributed by atoms with Crippen LogP contribution in [-0.2, 0) is 9.53 Å². The number of rotatable bonds is 3. The summed E-state index contributed by atoms with van der Waals surface area (Å²) in [6.07, 6.45) is 3.08. The summed E-state index contributed by atoms with van der Waals surface area (Å²) in [7, 11) is 1.45. The van der Waals surface area contributed by atoms with E-state index in [4.69, 9.17) is 4.74 Å². The smallest absolute Gasteiger partial charge is 0.334 e. The van der Waals surface area contributed by atoms with Crippen LogP contribution in [0.2, 0.25) is 0 Å². The van der Waals surface area contributed by atoms with Crippen LogP contribution in [0.4, 0.5) is 0 Å². The van der Waals surface area contributed by atoms with Crippen molar-refractivity contribution in [2.45, 2.75) is 59.6 Å². The Hall–Kier alpha value is -0.700. The highest BCUT2D eigenvalue weighted by Gasteiger charge is 2.35. The van der Waals surface area contributed by atoms with Gasteiger partial charge in [0.15, 0.2) is 0 Å². The Kier molecular flexibility index (Phi) is 5.18. The van der Waals surface area contributed by atoms with E-state index >= 15 is 0 Å². The van der Waals surface area contributed by atoms with Crippen LogP contribution in [-0.4, -0.2) is 17.8 Å². The Bertz CT molecular complexity index is 450. The van der Waals surface area contributed by atoms with Crippen LogP contribution >= 0.6 is 11.8 Å². The largest absolute Gasteiger partial charge is 0.466 e. The van der Waals surface area contributed by atoms with E-state index in [1.54, 1.807) is 0 Å². The lowest BCUT2D eigenvalue weighted by atomic mass is 9.82. The molecule has 0 aromatic carbocycles. The summed E-state index contributed by atoms with van der Waals surface area (Å²) in [5.74, 6) is 0.0381. The van der Waals surface area contributed by atoms with E-state index in [0.717, 1.165) is 17.6 Å². The predicted octanol–water partition coefficient (Wildman–Crippen LogP) is 4.96. The summed E-state index contributed by atoms with van der Waals surface area (Å²) in [4.78, 5) is 13.2. The number of ether oxygens (including phenoxy) is 1. The van der Waals surface area contributed by atoms with Gasteiger partial charge in [-0.2, -0.15) is 0 Å². The Balaban J connectivity index is 3.02. The number of methoxy groups -OCH3 is 1. The maximum absolute atomic E-state index is 11.8. The molecule has 0 saturated carbocycles. The molecule has 0 saturated heterocycles. The predicted molar refractivity (Wildman–Crippen MR) is 87.7 cm³/mol. The number of hydrogen-bond acceptors (Lipinski definition) is 3. The Morgan fingerprint density at radius 1 is 1.30 bits per heavy atom. The lowest BCUT2D eigenvalue weighted by molar-refractivity contribution is -0.136. The van der Waals surface area contributed by atoms with Crippen LogP contribution in [0.5, 0.6) is 0 Å². The second-order valence-corrected chi connectivity index (χ2v) is 8.92. The third kappa shape index (κ3) is 3.69. The van der Waals surface area contributed by atoms with E-state index in [-0.39, 0.29) is 22.0 Å². The van der Waals surface area contributed by atoms with Crippen molar-refractivity contribution in [1.82, 2.24) is 0 Å². The normalized spacial score (nSPS) is 20.8. The summed E-state index contributed by atoms with van der Waals surface area (Å²) in [5.41, 5.74) is 2.09. The molecule has 0 spiro atoms. The molecular formula is C17H28O2S. The summed E-state index contributed by atoms with van der Waals surface area (Å²) in [6.45, 7) is 15.5. The van der Waals surface area contributed by atoms with Crippen molar-refractivity contribution in [2.75, 3.05) is 7.11 Å². The number of esters is 1. The molecule has 1 atom stereocenters. The summed E-state index contributed by atoms with van der Waals surface area (Å²) in [5, 5.41) is 0. The minimum atomic E-state index is -0.189. The van der Waals surface area contributed by atoms with Crippen LogP contribution in [0.25, 0.3) is 0 Å². The van der Waals surface area contributed by atoms with E-state index < -0.39 is 0 Å². The van der Waals surface area contributed by atoms with Crippen molar-refractivity contribution in [3.63, 3.8) is 0 Å². The molecule has 0 bridgehead atoms. The van der Waals surface area contributed by atoms with Gasteiger partial charge in [0, 0.05) is 10.3 Å². The van der Waals surface area contributed by atoms with Gasteiger partial charge in [-0.05, 0) is 55.1 Å². The highest BCUT2D eigenvalue weighted by Crippen LogP contribution is 2.48. The molecule has 20 heavy (non-hydrogen) atoms. The highest BCUT2D eigenvalue weighted by atomic mass is 32.2. The molecule has 3 heteroatoms. The SMILES string of the molecule is COC(=O)C1=C(C)C=C(SC(C)(C)C(C)(C)C)CC1C. The first-order valence-electron chi connectivity index (χ1n) is 7.18. The zero-order chi connectivity index (χ0) is 15.7. The summed E-state index contributed by atoms with van der Waals surface area (Å²) >= 11 is 1.93. The monoisotopic (exact) mass is 296 g/mol. The molecule has 1 rings (SSSR count). The summed E-state index contributed by atoms with van der Waals surface area (Å²) in [6, 6.07) is 0. The van der Waals surface area contributed by atoms with E-state index in [0.29, 0.717) is 0 Å². The zero-order valence-corrected chi connectivity index (χ0v) is 14.9. The summed E-state index contributed by atoms with van der Waals surface area (Å²) < 4.78 is 5.04. The Labute approximate surface area is 128 Å². The van der Waals surface area contributed by atoms with Gasteiger partial charge in [-0.15, -0.1) is 11.8 Å². The topological polar surface area (TPSA) is 26.3 Å². The molecule has 0 aromatic rings. The molecule has 0 aromatic heterocycles. The van der Waals surface area contributed by atoms with Crippen LogP contribution in [0.1, 0.15) is 54.9 Å². The van der Waals surface area contributed by atoms with Crippen LogP contribution in [0.3, 0.4) is 0 Å². The lowest BCUT2D eigenvalue weighted by Gasteiger charge is -2.39. The molecule has 0 N–H and O–H groups in total. The molecule has 1 unspecified atom stereocenters. The first-order chi connectivity index (χ1) is 8.99. The molecule has 0 aliphatic heterocycles. The second kappa shape index (κ2) is 5.97. The van der Waals surface area contributed by atoms with E-state index in [1.807, 2.05) is 18.7 Å². The number of carbonyl (C=O) groups excluding carboxylic acids is 1. The van der Waals surface area contributed by atoms with E-state index in [9.17, 15) is 4.79 Å². The minimum absolute atomic E-state index is 0.154. The maximum Gasteiger partial charge on any atom is 0.334 e. The van der Waals surface area contributed by atoms with Crippen molar-refractivity contribution in [1.29, 1.82) is 0 Å². The van der Waals surface area contributed by atoms with Gasteiger partial charge < -0.3 is 4.74 Å². The quantitative estimate of drug-likeness (QED) is 0.689. The highest BCUT2D eigenvalue weighted by molar-refractivity contribution is 8.04. The molecule has 0 amide bonds. The molecule has 0 radical (unpaired) electrons. The van der Waals surface area contributed by atoms with Crippen molar-refractivity contribution in [3.05, 3.63) is 22.1 Å². The van der Waals surface area contributed by atoms with Gasteiger partial charge in [0.25, 0.3) is 0 Å². The van der Waals surface area contributed by atoms with Crippen LogP contribution in [0.15, 0.2) is 22.1 Å². The lowest BCUT2D eigenvalue weighted by Crippen LogP contribution is -2.33. The number of thioether (sulfide) groups is 1. The molecular weight excluding hydrogens is 268 g/mol. The van der Waals surface area contributed by atoms with Gasteiger partial charge in [-0.25, -0.2) is 4.79 Å². The van der Waals surface area contributed by atoms with Crippen molar-refractivity contribution in [3.8, 4) is 0 Å². The number of allylic oxidation sites excluding steroid dienone is 3. The second-order valence-electron chi connectivity index (χ2n) is 7.17. The average Bonchev–Trinajstić information content (AvgIpc) is 2.25. The molecule has 1 aliphatic rings. The van der Waals surface area contributed by atoms with Gasteiger partial charge in [-0.3, -0.25) is 0 Å². The third-order valence-corrected chi connectivity index (χ3v) is 6.07. The van der Waals surface area contributed by atoms with Gasteiger partial charge in [0.2, 0.25) is 0 Å². The zero-order valence-electron chi connectivity index (χ0n) is 14.1. The fourth-order valence-corrected chi connectivity index (χ4v) is 3.73. The number of carbonyl (C=O) groups is 1. The maximum atomic E-state index is 11.8. The van der Waals surface area contributed by atoms with Gasteiger partial charge in [-0.1, -0.05) is 27.7 Å². The van der Waals surface area contributed by atoms with E-state index in [1.165, 1.54) is 12.0 Å². The molecule has 0 fully saturated rings. The van der Waals surface area contributed by atoms with E-state index in [2.05, 4.69) is 47.6 Å². The Morgan fingerprint density at radius 3 is 2.25 bits per heavy atom. The van der Waals surface area contributed by atoms with Crippen molar-refractivity contribution in [2.24, 2.45) is 11.3 Å². The van der Waals surface area contributed by atoms with Gasteiger partial charge in [0.05, 0.1) is 7.11 Å². The Morgan fingerprint density at radius 2 is 1.85 bits per heavy atom. The van der Waals surface area contributed by atoms with Gasteiger partial charge >= 0.3 is 5.97 Å². The van der Waals surface area contributed by atoms with Crippen LogP contribution in [0, 0.1) is 11.3 Å². The minimum Gasteiger partial charge on any atom is -0.466 e. The molecule has 0 heterocycles. The van der Waals surface area contributed by atoms with Crippen molar-refractivity contribution >= 4 is 17.7 Å². The average molecular weight is 296 g/mol. The molecule has 1 aliphatic carbocycles. The first kappa shape index (κ1) is 17.4. The standard InChI is InChI=1S/C17H28O2S/c1-11-9-13(20-17(6,7)16(3,4)5)10-12(2)14(11)15(18)19-8/h9,12H,10H2,1-8H3. The first-order valence-corrected chi connectivity index (χ1v) is 8.00. The molecule has 2 nitrogen and oxygen atoms in total. The van der Waals surface area contributed by atoms with Gasteiger partial charge in [0.1, 0.15) is 0 Å².